The molecule has 0 unspecified atom stereocenters. The van der Waals surface area contributed by atoms with Gasteiger partial charge in [0.25, 0.3) is 11.5 Å². The molecule has 33 heavy (non-hydrogen) atoms. The highest BCUT2D eigenvalue weighted by Crippen LogP contribution is 2.26. The summed E-state index contributed by atoms with van der Waals surface area (Å²) in [5.41, 5.74) is 5.15. The van der Waals surface area contributed by atoms with Crippen LogP contribution in [-0.2, 0) is 21.3 Å². The van der Waals surface area contributed by atoms with Crippen molar-refractivity contribution in [1.82, 2.24) is 9.55 Å². The topological polar surface area (TPSA) is 148 Å². The first-order valence-electron chi connectivity index (χ1n) is 10.6. The average molecular weight is 480 g/mol. The van der Waals surface area contributed by atoms with Gasteiger partial charge < -0.3 is 10.5 Å². The maximum atomic E-state index is 13.5. The zero-order valence-corrected chi connectivity index (χ0v) is 19.7. The second-order valence-corrected chi connectivity index (χ2v) is 10.3. The third kappa shape index (κ3) is 5.11. The van der Waals surface area contributed by atoms with Gasteiger partial charge in [0.2, 0.25) is 10.0 Å². The fraction of sp³-hybridized carbons (Fsp3) is 0.476. The SMILES string of the molecule is COCCN(C(=O)c1cccc(N2CCCS2(=O)=O)c1)c1c(N)n(CC(C)C)c(=O)[nH]c1=O. The van der Waals surface area contributed by atoms with Crippen LogP contribution in [0.3, 0.4) is 0 Å². The average Bonchev–Trinajstić information content (AvgIpc) is 3.11. The first kappa shape index (κ1) is 24.5. The second kappa shape index (κ2) is 9.79. The van der Waals surface area contributed by atoms with Crippen molar-refractivity contribution in [2.75, 3.05) is 47.5 Å². The molecule has 3 rings (SSSR count). The van der Waals surface area contributed by atoms with Gasteiger partial charge in [-0.1, -0.05) is 19.9 Å². The van der Waals surface area contributed by atoms with Gasteiger partial charge in [0.15, 0.2) is 5.69 Å². The molecule has 3 N–H and O–H groups in total. The molecule has 11 nitrogen and oxygen atoms in total. The number of benzene rings is 1. The number of hydrogen-bond acceptors (Lipinski definition) is 7. The van der Waals surface area contributed by atoms with Crippen molar-refractivity contribution in [2.24, 2.45) is 5.92 Å². The molecule has 1 aromatic heterocycles. The summed E-state index contributed by atoms with van der Waals surface area (Å²) in [6.07, 6.45) is 0.504. The number of amides is 1. The van der Waals surface area contributed by atoms with Crippen LogP contribution in [0.25, 0.3) is 0 Å². The van der Waals surface area contributed by atoms with Crippen molar-refractivity contribution in [3.05, 3.63) is 50.7 Å². The molecule has 1 fully saturated rings. The number of ether oxygens (including phenoxy) is 1. The van der Waals surface area contributed by atoms with Crippen molar-refractivity contribution in [3.8, 4) is 0 Å². The van der Waals surface area contributed by atoms with Crippen LogP contribution in [0.5, 0.6) is 0 Å². The molecule has 0 radical (unpaired) electrons. The van der Waals surface area contributed by atoms with Crippen molar-refractivity contribution < 1.29 is 17.9 Å². The van der Waals surface area contributed by atoms with E-state index in [0.29, 0.717) is 18.7 Å². The van der Waals surface area contributed by atoms with Crippen LogP contribution in [0, 0.1) is 5.92 Å². The Kier molecular flexibility index (Phi) is 7.28. The van der Waals surface area contributed by atoms with E-state index < -0.39 is 27.2 Å². The first-order valence-corrected chi connectivity index (χ1v) is 12.2. The highest BCUT2D eigenvalue weighted by molar-refractivity contribution is 7.93. The minimum atomic E-state index is -3.43. The molecule has 1 aromatic carbocycles. The fourth-order valence-corrected chi connectivity index (χ4v) is 5.32. The summed E-state index contributed by atoms with van der Waals surface area (Å²) in [4.78, 5) is 41.9. The van der Waals surface area contributed by atoms with E-state index in [1.165, 1.54) is 28.1 Å². The Morgan fingerprint density at radius 3 is 2.64 bits per heavy atom. The predicted molar refractivity (Wildman–Crippen MR) is 126 cm³/mol. The number of nitrogens with zero attached hydrogens (tertiary/aromatic N) is 3. The Labute approximate surface area is 191 Å². The summed E-state index contributed by atoms with van der Waals surface area (Å²) in [6.45, 7) is 4.47. The molecule has 0 aliphatic carbocycles. The van der Waals surface area contributed by atoms with E-state index in [9.17, 15) is 22.8 Å². The molecule has 0 bridgehead atoms. The summed E-state index contributed by atoms with van der Waals surface area (Å²) in [7, 11) is -1.98. The number of sulfonamides is 1. The van der Waals surface area contributed by atoms with E-state index in [-0.39, 0.29) is 48.4 Å². The third-order valence-electron chi connectivity index (χ3n) is 5.28. The molecule has 180 valence electrons. The molecule has 12 heteroatoms. The van der Waals surface area contributed by atoms with Crippen LogP contribution >= 0.6 is 0 Å². The van der Waals surface area contributed by atoms with E-state index in [0.717, 1.165) is 4.90 Å². The Bertz CT molecular complexity index is 1250. The minimum Gasteiger partial charge on any atom is -0.383 e. The van der Waals surface area contributed by atoms with Crippen LogP contribution in [-0.4, -0.2) is 56.4 Å². The Balaban J connectivity index is 2.08. The number of aromatic nitrogens is 2. The summed E-state index contributed by atoms with van der Waals surface area (Å²) in [5, 5.41) is 0. The number of H-pyrrole nitrogens is 1. The third-order valence-corrected chi connectivity index (χ3v) is 7.15. The van der Waals surface area contributed by atoms with Crippen molar-refractivity contribution in [2.45, 2.75) is 26.8 Å². The highest BCUT2D eigenvalue weighted by Gasteiger charge is 2.30. The molecule has 2 heterocycles. The molecule has 1 aliphatic heterocycles. The van der Waals surface area contributed by atoms with Crippen molar-refractivity contribution >= 4 is 33.1 Å². The molecule has 0 saturated carbocycles. The fourth-order valence-electron chi connectivity index (χ4n) is 3.76. The van der Waals surface area contributed by atoms with E-state index in [1.54, 1.807) is 12.1 Å². The maximum absolute atomic E-state index is 13.5. The number of nitrogen functional groups attached to an aromatic ring is 1. The van der Waals surface area contributed by atoms with Gasteiger partial charge in [-0.2, -0.15) is 0 Å². The number of methoxy groups -OCH3 is 1. The molecule has 0 spiro atoms. The van der Waals surface area contributed by atoms with Crippen molar-refractivity contribution in [3.63, 3.8) is 0 Å². The minimum absolute atomic E-state index is 0.00522. The van der Waals surface area contributed by atoms with Crippen LogP contribution in [0.1, 0.15) is 30.6 Å². The Hall–Kier alpha value is -3.12. The number of hydrogen-bond donors (Lipinski definition) is 2. The number of rotatable bonds is 8. The summed E-state index contributed by atoms with van der Waals surface area (Å²) in [6, 6.07) is 6.20. The van der Waals surface area contributed by atoms with Crippen LogP contribution < -0.4 is 26.2 Å². The van der Waals surface area contributed by atoms with Gasteiger partial charge in [-0.25, -0.2) is 13.2 Å². The van der Waals surface area contributed by atoms with E-state index in [2.05, 4.69) is 4.98 Å². The molecular formula is C21H29N5O6S. The lowest BCUT2D eigenvalue weighted by molar-refractivity contribution is 0.0975. The maximum Gasteiger partial charge on any atom is 0.330 e. The Morgan fingerprint density at radius 2 is 2.03 bits per heavy atom. The monoisotopic (exact) mass is 479 g/mol. The van der Waals surface area contributed by atoms with Gasteiger partial charge in [0.05, 0.1) is 18.0 Å². The van der Waals surface area contributed by atoms with Gasteiger partial charge >= 0.3 is 5.69 Å². The zero-order chi connectivity index (χ0) is 24.3. The molecule has 0 atom stereocenters. The molecule has 2 aromatic rings. The van der Waals surface area contributed by atoms with E-state index in [4.69, 9.17) is 10.5 Å². The summed E-state index contributed by atoms with van der Waals surface area (Å²) < 4.78 is 32.2. The number of carbonyl (C=O) groups excluding carboxylic acids is 1. The number of aromatic amines is 1. The number of nitrogens with two attached hydrogens (primary N) is 1. The molecule has 1 aliphatic rings. The first-order chi connectivity index (χ1) is 15.6. The summed E-state index contributed by atoms with van der Waals surface area (Å²) >= 11 is 0. The lowest BCUT2D eigenvalue weighted by Gasteiger charge is -2.25. The number of nitrogens with one attached hydrogen (secondary N) is 1. The number of carbonyl (C=O) groups is 1. The smallest absolute Gasteiger partial charge is 0.330 e. The van der Waals surface area contributed by atoms with Gasteiger partial charge in [0.1, 0.15) is 5.82 Å². The van der Waals surface area contributed by atoms with Crippen LogP contribution in [0.15, 0.2) is 33.9 Å². The van der Waals surface area contributed by atoms with Gasteiger partial charge in [-0.3, -0.25) is 28.3 Å². The molecular weight excluding hydrogens is 450 g/mol. The van der Waals surface area contributed by atoms with Crippen LogP contribution in [0.2, 0.25) is 0 Å². The van der Waals surface area contributed by atoms with Crippen LogP contribution in [0.4, 0.5) is 17.2 Å². The van der Waals surface area contributed by atoms with Crippen molar-refractivity contribution in [1.29, 1.82) is 0 Å². The second-order valence-electron chi connectivity index (χ2n) is 8.24. The predicted octanol–water partition coefficient (Wildman–Crippen LogP) is 0.608. The zero-order valence-electron chi connectivity index (χ0n) is 18.9. The highest BCUT2D eigenvalue weighted by atomic mass is 32.2. The largest absolute Gasteiger partial charge is 0.383 e. The van der Waals surface area contributed by atoms with E-state index >= 15 is 0 Å². The molecule has 1 amide bonds. The Morgan fingerprint density at radius 1 is 1.30 bits per heavy atom. The quantitative estimate of drug-likeness (QED) is 0.563. The normalized spacial score (nSPS) is 15.2. The lowest BCUT2D eigenvalue weighted by Crippen LogP contribution is -2.43. The van der Waals surface area contributed by atoms with E-state index in [1.807, 2.05) is 13.8 Å². The standard InChI is InChI=1S/C21H29N5O6S/c1-14(2)13-25-18(22)17(19(27)23-21(25)29)24(9-10-32-3)20(28)15-6-4-7-16(12-15)26-8-5-11-33(26,30)31/h4,6-7,12,14H,5,8-11,13,22H2,1-3H3,(H,23,27,29). The number of anilines is 3. The lowest BCUT2D eigenvalue weighted by atomic mass is 10.1. The summed E-state index contributed by atoms with van der Waals surface area (Å²) in [5.74, 6) is -0.586. The molecule has 1 saturated heterocycles. The van der Waals surface area contributed by atoms with Gasteiger partial charge in [0, 0.05) is 32.3 Å². The van der Waals surface area contributed by atoms with Gasteiger partial charge in [-0.05, 0) is 30.5 Å². The van der Waals surface area contributed by atoms with Gasteiger partial charge in [-0.15, -0.1) is 0 Å².